The average Bonchev–Trinajstić information content (AvgIpc) is 3.28. The molecular weight excluding hydrogens is 373 g/mol. The third kappa shape index (κ3) is 3.57. The van der Waals surface area contributed by atoms with Gasteiger partial charge in [0.05, 0.1) is 10.9 Å². The van der Waals surface area contributed by atoms with Crippen molar-refractivity contribution in [3.8, 4) is 0 Å². The van der Waals surface area contributed by atoms with E-state index >= 15 is 0 Å². The SMILES string of the molecule is Cc1ccc(C(Sc2ncc[nH]2)c2cn3c(C(F)(F)F)cccc3n2)cc1. The summed E-state index contributed by atoms with van der Waals surface area (Å²) in [7, 11) is 0. The molecule has 0 fully saturated rings. The maximum absolute atomic E-state index is 13.3. The summed E-state index contributed by atoms with van der Waals surface area (Å²) in [6.07, 6.45) is 0.351. The predicted octanol–water partition coefficient (Wildman–Crippen LogP) is 5.27. The molecule has 4 aromatic rings. The van der Waals surface area contributed by atoms with Crippen LogP contribution in [0.5, 0.6) is 0 Å². The van der Waals surface area contributed by atoms with E-state index in [4.69, 9.17) is 0 Å². The number of aryl methyl sites for hydroxylation is 1. The first-order valence-electron chi connectivity index (χ1n) is 8.19. The van der Waals surface area contributed by atoms with E-state index in [1.807, 2.05) is 31.2 Å². The predicted molar refractivity (Wildman–Crippen MR) is 97.7 cm³/mol. The number of hydrogen-bond donors (Lipinski definition) is 1. The quantitative estimate of drug-likeness (QED) is 0.485. The van der Waals surface area contributed by atoms with Gasteiger partial charge in [0.15, 0.2) is 5.16 Å². The lowest BCUT2D eigenvalue weighted by Gasteiger charge is -2.14. The van der Waals surface area contributed by atoms with Crippen molar-refractivity contribution in [2.75, 3.05) is 0 Å². The summed E-state index contributed by atoms with van der Waals surface area (Å²) < 4.78 is 41.1. The van der Waals surface area contributed by atoms with Crippen LogP contribution < -0.4 is 0 Å². The van der Waals surface area contributed by atoms with Crippen LogP contribution >= 0.6 is 11.8 Å². The lowest BCUT2D eigenvalue weighted by atomic mass is 10.1. The van der Waals surface area contributed by atoms with Crippen LogP contribution in [0, 0.1) is 6.92 Å². The molecule has 0 saturated carbocycles. The first-order chi connectivity index (χ1) is 12.9. The van der Waals surface area contributed by atoms with Crippen molar-refractivity contribution >= 4 is 17.4 Å². The van der Waals surface area contributed by atoms with Gasteiger partial charge >= 0.3 is 6.18 Å². The number of aromatic nitrogens is 4. The third-order valence-corrected chi connectivity index (χ3v) is 5.35. The first-order valence-corrected chi connectivity index (χ1v) is 9.07. The number of fused-ring (bicyclic) bond motifs is 1. The van der Waals surface area contributed by atoms with Crippen molar-refractivity contribution in [3.63, 3.8) is 0 Å². The van der Waals surface area contributed by atoms with Gasteiger partial charge in [-0.3, -0.25) is 4.40 Å². The van der Waals surface area contributed by atoms with Crippen molar-refractivity contribution in [3.05, 3.63) is 83.6 Å². The number of nitrogens with zero attached hydrogens (tertiary/aromatic N) is 3. The largest absolute Gasteiger partial charge is 0.431 e. The number of benzene rings is 1. The average molecular weight is 388 g/mol. The summed E-state index contributed by atoms with van der Waals surface area (Å²) in [6.45, 7) is 1.99. The molecule has 27 heavy (non-hydrogen) atoms. The number of aromatic amines is 1. The number of hydrogen-bond acceptors (Lipinski definition) is 3. The lowest BCUT2D eigenvalue weighted by molar-refractivity contribution is -0.142. The van der Waals surface area contributed by atoms with Gasteiger partial charge in [-0.15, -0.1) is 0 Å². The molecular formula is C19H15F3N4S. The van der Waals surface area contributed by atoms with E-state index in [9.17, 15) is 13.2 Å². The maximum Gasteiger partial charge on any atom is 0.431 e. The fourth-order valence-electron chi connectivity index (χ4n) is 2.85. The van der Waals surface area contributed by atoms with Crippen LogP contribution in [0.25, 0.3) is 5.65 Å². The molecule has 0 radical (unpaired) electrons. The summed E-state index contributed by atoms with van der Waals surface area (Å²) in [6, 6.07) is 11.9. The van der Waals surface area contributed by atoms with Crippen molar-refractivity contribution < 1.29 is 13.2 Å². The van der Waals surface area contributed by atoms with Crippen LogP contribution in [0.2, 0.25) is 0 Å². The van der Waals surface area contributed by atoms with Gasteiger partial charge in [-0.2, -0.15) is 13.2 Å². The van der Waals surface area contributed by atoms with E-state index in [0.29, 0.717) is 10.9 Å². The minimum atomic E-state index is -4.45. The second-order valence-corrected chi connectivity index (χ2v) is 7.20. The second-order valence-electron chi connectivity index (χ2n) is 6.11. The molecule has 0 aliphatic rings. The highest BCUT2D eigenvalue weighted by molar-refractivity contribution is 7.99. The highest BCUT2D eigenvalue weighted by Gasteiger charge is 2.34. The molecule has 4 nitrogen and oxygen atoms in total. The molecule has 0 aliphatic carbocycles. The normalized spacial score (nSPS) is 13.2. The number of nitrogens with one attached hydrogen (secondary N) is 1. The van der Waals surface area contributed by atoms with Gasteiger partial charge in [0.2, 0.25) is 0 Å². The lowest BCUT2D eigenvalue weighted by Crippen LogP contribution is -2.10. The number of H-pyrrole nitrogens is 1. The third-order valence-electron chi connectivity index (χ3n) is 4.15. The first kappa shape index (κ1) is 17.7. The number of rotatable bonds is 4. The fraction of sp³-hybridized carbons (Fsp3) is 0.158. The molecule has 1 unspecified atom stereocenters. The maximum atomic E-state index is 13.3. The number of pyridine rings is 1. The highest BCUT2D eigenvalue weighted by atomic mass is 32.2. The zero-order valence-electron chi connectivity index (χ0n) is 14.2. The molecule has 0 saturated heterocycles. The summed E-state index contributed by atoms with van der Waals surface area (Å²) >= 11 is 1.41. The van der Waals surface area contributed by atoms with E-state index in [0.717, 1.165) is 21.6 Å². The zero-order chi connectivity index (χ0) is 19.0. The summed E-state index contributed by atoms with van der Waals surface area (Å²) in [4.78, 5) is 11.7. The minimum Gasteiger partial charge on any atom is -0.340 e. The molecule has 0 bridgehead atoms. The Balaban J connectivity index is 1.83. The molecule has 1 atom stereocenters. The molecule has 3 aromatic heterocycles. The van der Waals surface area contributed by atoms with Crippen LogP contribution in [0.3, 0.4) is 0 Å². The molecule has 8 heteroatoms. The minimum absolute atomic E-state index is 0.261. The Morgan fingerprint density at radius 2 is 1.89 bits per heavy atom. The van der Waals surface area contributed by atoms with E-state index in [2.05, 4.69) is 15.0 Å². The van der Waals surface area contributed by atoms with E-state index in [-0.39, 0.29) is 10.9 Å². The van der Waals surface area contributed by atoms with E-state index in [1.165, 1.54) is 24.0 Å². The van der Waals surface area contributed by atoms with Crippen LogP contribution in [-0.2, 0) is 6.18 Å². The monoisotopic (exact) mass is 388 g/mol. The number of thioether (sulfide) groups is 1. The van der Waals surface area contributed by atoms with Gasteiger partial charge in [0.1, 0.15) is 11.3 Å². The smallest absolute Gasteiger partial charge is 0.340 e. The van der Waals surface area contributed by atoms with Gasteiger partial charge in [-0.05, 0) is 24.6 Å². The molecule has 4 rings (SSSR count). The summed E-state index contributed by atoms with van der Waals surface area (Å²) in [5.74, 6) is 0. The van der Waals surface area contributed by atoms with Gasteiger partial charge in [0.25, 0.3) is 0 Å². The molecule has 1 N–H and O–H groups in total. The van der Waals surface area contributed by atoms with Crippen molar-refractivity contribution in [1.29, 1.82) is 0 Å². The van der Waals surface area contributed by atoms with Crippen LogP contribution in [0.1, 0.15) is 27.8 Å². The number of halogens is 3. The van der Waals surface area contributed by atoms with Gasteiger partial charge in [0, 0.05) is 18.6 Å². The molecule has 0 aliphatic heterocycles. The second kappa shape index (κ2) is 6.77. The number of alkyl halides is 3. The molecule has 0 amide bonds. The van der Waals surface area contributed by atoms with Gasteiger partial charge in [-0.1, -0.05) is 47.7 Å². The van der Waals surface area contributed by atoms with Crippen molar-refractivity contribution in [1.82, 2.24) is 19.4 Å². The summed E-state index contributed by atoms with van der Waals surface area (Å²) in [5, 5.41) is 0.381. The highest BCUT2D eigenvalue weighted by Crippen LogP contribution is 2.39. The van der Waals surface area contributed by atoms with Crippen LogP contribution in [-0.4, -0.2) is 19.4 Å². The standard InChI is InChI=1S/C19H15F3N4S/c1-12-5-7-13(8-6-12)17(27-18-23-9-10-24-18)14-11-26-15(19(20,21)22)3-2-4-16(26)25-14/h2-11,17H,1H3,(H,23,24). The molecule has 0 spiro atoms. The Kier molecular flexibility index (Phi) is 4.43. The Labute approximate surface area is 157 Å². The van der Waals surface area contributed by atoms with Gasteiger partial charge in [-0.25, -0.2) is 9.97 Å². The van der Waals surface area contributed by atoms with E-state index in [1.54, 1.807) is 18.5 Å². The molecule has 3 heterocycles. The van der Waals surface area contributed by atoms with Crippen LogP contribution in [0.15, 0.2) is 66.2 Å². The molecule has 1 aromatic carbocycles. The Hall–Kier alpha value is -2.74. The fourth-order valence-corrected chi connectivity index (χ4v) is 3.86. The molecule has 138 valence electrons. The van der Waals surface area contributed by atoms with Crippen molar-refractivity contribution in [2.24, 2.45) is 0 Å². The van der Waals surface area contributed by atoms with Crippen LogP contribution in [0.4, 0.5) is 13.2 Å². The topological polar surface area (TPSA) is 46.0 Å². The Bertz CT molecular complexity index is 1050. The Morgan fingerprint density at radius 3 is 2.56 bits per heavy atom. The zero-order valence-corrected chi connectivity index (χ0v) is 15.1. The number of imidazole rings is 2. The summed E-state index contributed by atoms with van der Waals surface area (Å²) in [5.41, 5.74) is 2.10. The van der Waals surface area contributed by atoms with E-state index < -0.39 is 11.9 Å². The van der Waals surface area contributed by atoms with Gasteiger partial charge < -0.3 is 4.98 Å². The Morgan fingerprint density at radius 1 is 1.11 bits per heavy atom. The van der Waals surface area contributed by atoms with Crippen molar-refractivity contribution in [2.45, 2.75) is 23.5 Å².